The minimum absolute atomic E-state index is 0.0204. The van der Waals surface area contributed by atoms with Crippen molar-refractivity contribution in [3.05, 3.63) is 11.6 Å². The molecule has 0 saturated heterocycles. The van der Waals surface area contributed by atoms with Crippen molar-refractivity contribution in [2.75, 3.05) is 0 Å². The number of carbonyl (C=O) groups excluding carboxylic acids is 2. The van der Waals surface area contributed by atoms with Gasteiger partial charge < -0.3 is 0 Å². The van der Waals surface area contributed by atoms with E-state index in [1.165, 1.54) is 18.4 Å². The van der Waals surface area contributed by atoms with E-state index in [0.717, 1.165) is 50.4 Å². The fraction of sp³-hybridized carbons (Fsp3) is 0.800. The summed E-state index contributed by atoms with van der Waals surface area (Å²) in [4.78, 5) is 24.4. The highest BCUT2D eigenvalue weighted by Gasteiger charge is 2.58. The first kappa shape index (κ1) is 14.7. The van der Waals surface area contributed by atoms with Crippen LogP contribution < -0.4 is 0 Å². The zero-order valence-electron chi connectivity index (χ0n) is 13.9. The molecule has 4 aliphatic rings. The fourth-order valence-corrected chi connectivity index (χ4v) is 6.72. The van der Waals surface area contributed by atoms with Gasteiger partial charge in [0.1, 0.15) is 5.78 Å². The van der Waals surface area contributed by atoms with E-state index in [9.17, 15) is 9.59 Å². The number of Topliss-reactive ketones (excluding diaryl/α,β-unsaturated/α-hetero) is 1. The summed E-state index contributed by atoms with van der Waals surface area (Å²) >= 11 is 0. The van der Waals surface area contributed by atoms with Crippen LogP contribution in [0.1, 0.15) is 65.2 Å². The molecule has 0 N–H and O–H groups in total. The van der Waals surface area contributed by atoms with Gasteiger partial charge in [-0.15, -0.1) is 0 Å². The zero-order chi connectivity index (χ0) is 15.5. The van der Waals surface area contributed by atoms with Gasteiger partial charge in [-0.25, -0.2) is 0 Å². The van der Waals surface area contributed by atoms with Crippen LogP contribution in [0.25, 0.3) is 0 Å². The molecule has 4 rings (SSSR count). The van der Waals surface area contributed by atoms with Crippen molar-refractivity contribution in [1.82, 2.24) is 0 Å². The Morgan fingerprint density at radius 3 is 2.73 bits per heavy atom. The van der Waals surface area contributed by atoms with Crippen LogP contribution in [0, 0.1) is 35.0 Å². The molecule has 0 radical (unpaired) electrons. The van der Waals surface area contributed by atoms with E-state index >= 15 is 0 Å². The molecule has 2 unspecified atom stereocenters. The summed E-state index contributed by atoms with van der Waals surface area (Å²) in [5.74, 6) is 4.18. The Labute approximate surface area is 133 Å². The number of carbonyl (C=O) groups is 2. The van der Waals surface area contributed by atoms with Crippen molar-refractivity contribution in [3.63, 3.8) is 0 Å². The van der Waals surface area contributed by atoms with E-state index in [2.05, 4.69) is 13.8 Å². The van der Waals surface area contributed by atoms with Gasteiger partial charge in [-0.05, 0) is 74.2 Å². The smallest absolute Gasteiger partial charge is 0.155 e. The van der Waals surface area contributed by atoms with Crippen molar-refractivity contribution in [2.24, 2.45) is 35.0 Å². The number of hydrogen-bond acceptors (Lipinski definition) is 2. The summed E-state index contributed by atoms with van der Waals surface area (Å²) in [6, 6.07) is 0. The highest BCUT2D eigenvalue weighted by molar-refractivity contribution is 5.91. The minimum atomic E-state index is 0.0204. The Hall–Kier alpha value is -0.920. The molecule has 3 saturated carbocycles. The summed E-state index contributed by atoms with van der Waals surface area (Å²) in [5.41, 5.74) is 1.47. The minimum Gasteiger partial charge on any atom is -0.299 e. The van der Waals surface area contributed by atoms with Crippen LogP contribution in [0.4, 0.5) is 0 Å². The van der Waals surface area contributed by atoms with Gasteiger partial charge >= 0.3 is 0 Å². The Bertz CT molecular complexity index is 546. The van der Waals surface area contributed by atoms with Crippen LogP contribution in [0.3, 0.4) is 0 Å². The predicted molar refractivity (Wildman–Crippen MR) is 86.3 cm³/mol. The van der Waals surface area contributed by atoms with Crippen molar-refractivity contribution in [3.8, 4) is 0 Å². The Morgan fingerprint density at radius 1 is 1.14 bits per heavy atom. The number of fused-ring (bicyclic) bond motifs is 5. The normalized spacial score (nSPS) is 47.5. The topological polar surface area (TPSA) is 34.1 Å². The van der Waals surface area contributed by atoms with E-state index in [-0.39, 0.29) is 5.41 Å². The number of rotatable bonds is 1. The fourth-order valence-electron chi connectivity index (χ4n) is 6.72. The molecule has 0 bridgehead atoms. The van der Waals surface area contributed by atoms with Crippen LogP contribution >= 0.6 is 0 Å². The number of allylic oxidation sites excluding steroid dienone is 1. The molecule has 4 aliphatic carbocycles. The average molecular weight is 300 g/mol. The molecule has 2 nitrogen and oxygen atoms in total. The van der Waals surface area contributed by atoms with Gasteiger partial charge in [0.25, 0.3) is 0 Å². The van der Waals surface area contributed by atoms with Crippen molar-refractivity contribution >= 4 is 11.6 Å². The molecule has 0 aromatic rings. The van der Waals surface area contributed by atoms with Crippen LogP contribution in [0.15, 0.2) is 11.6 Å². The van der Waals surface area contributed by atoms with Crippen LogP contribution in [0.2, 0.25) is 0 Å². The van der Waals surface area contributed by atoms with E-state index < -0.39 is 0 Å². The van der Waals surface area contributed by atoms with Gasteiger partial charge in [-0.2, -0.15) is 0 Å². The van der Waals surface area contributed by atoms with Crippen molar-refractivity contribution in [2.45, 2.75) is 65.2 Å². The number of ketones is 2. The lowest BCUT2D eigenvalue weighted by Crippen LogP contribution is -2.49. The first-order valence-corrected chi connectivity index (χ1v) is 9.34. The highest BCUT2D eigenvalue weighted by Crippen LogP contribution is 2.62. The molecule has 120 valence electrons. The van der Waals surface area contributed by atoms with Crippen LogP contribution in [-0.2, 0) is 9.59 Å². The third kappa shape index (κ3) is 1.85. The second-order valence-electron chi connectivity index (χ2n) is 8.34. The Kier molecular flexibility index (Phi) is 3.36. The van der Waals surface area contributed by atoms with Crippen LogP contribution in [0.5, 0.6) is 0 Å². The number of hydrogen-bond donors (Lipinski definition) is 0. The van der Waals surface area contributed by atoms with Gasteiger partial charge in [0.05, 0.1) is 0 Å². The standard InChI is InChI=1S/C20H28O2/c1-3-20-9-8-15-14-5-4-13(21)11-16(14)12(2)10-17(15)18(20)6-7-19(20)22/h11-12,14-15,17-18H,3-10H2,1-2H3/t12?,14-,15-,17-,18+,20?/m1/s1. The third-order valence-electron chi connectivity index (χ3n) is 7.74. The first-order valence-electron chi connectivity index (χ1n) is 9.34. The molecule has 0 aliphatic heterocycles. The summed E-state index contributed by atoms with van der Waals surface area (Å²) in [5, 5.41) is 0. The quantitative estimate of drug-likeness (QED) is 0.722. The van der Waals surface area contributed by atoms with Gasteiger partial charge in [0, 0.05) is 18.3 Å². The van der Waals surface area contributed by atoms with Gasteiger partial charge in [0.2, 0.25) is 0 Å². The largest absolute Gasteiger partial charge is 0.299 e. The Balaban J connectivity index is 1.69. The molecule has 22 heavy (non-hydrogen) atoms. The maximum absolute atomic E-state index is 12.6. The van der Waals surface area contributed by atoms with Crippen LogP contribution in [-0.4, -0.2) is 11.6 Å². The molecular formula is C20H28O2. The summed E-state index contributed by atoms with van der Waals surface area (Å²) < 4.78 is 0. The van der Waals surface area contributed by atoms with Gasteiger partial charge in [0.15, 0.2) is 5.78 Å². The van der Waals surface area contributed by atoms with Gasteiger partial charge in [-0.1, -0.05) is 19.4 Å². The highest BCUT2D eigenvalue weighted by atomic mass is 16.1. The Morgan fingerprint density at radius 2 is 1.95 bits per heavy atom. The van der Waals surface area contributed by atoms with E-state index in [4.69, 9.17) is 0 Å². The molecule has 6 atom stereocenters. The predicted octanol–water partition coefficient (Wildman–Crippen LogP) is 4.33. The SMILES string of the molecule is CCC12CC[C@H]3[C@@H](CC(C)C4=CC(=O)CC[C@@H]43)[C@@H]1CCC2=O. The molecule has 0 amide bonds. The van der Waals surface area contributed by atoms with Crippen molar-refractivity contribution in [1.29, 1.82) is 0 Å². The monoisotopic (exact) mass is 300 g/mol. The first-order chi connectivity index (χ1) is 10.6. The molecule has 0 aromatic carbocycles. The van der Waals surface area contributed by atoms with Crippen molar-refractivity contribution < 1.29 is 9.59 Å². The summed E-state index contributed by atoms with van der Waals surface area (Å²) in [7, 11) is 0. The van der Waals surface area contributed by atoms with Gasteiger partial charge in [-0.3, -0.25) is 9.59 Å². The lowest BCUT2D eigenvalue weighted by atomic mass is 9.50. The molecular weight excluding hydrogens is 272 g/mol. The van der Waals surface area contributed by atoms with E-state index in [1.54, 1.807) is 0 Å². The third-order valence-corrected chi connectivity index (χ3v) is 7.74. The van der Waals surface area contributed by atoms with E-state index in [1.807, 2.05) is 6.08 Å². The molecule has 2 heteroatoms. The summed E-state index contributed by atoms with van der Waals surface area (Å²) in [6.07, 6.45) is 10.3. The maximum Gasteiger partial charge on any atom is 0.155 e. The summed E-state index contributed by atoms with van der Waals surface area (Å²) in [6.45, 7) is 4.54. The lowest BCUT2D eigenvalue weighted by molar-refractivity contribution is -0.133. The molecule has 3 fully saturated rings. The average Bonchev–Trinajstić information content (AvgIpc) is 2.85. The molecule has 0 aromatic heterocycles. The second-order valence-corrected chi connectivity index (χ2v) is 8.34. The second kappa shape index (κ2) is 5.04. The molecule has 0 spiro atoms. The zero-order valence-corrected chi connectivity index (χ0v) is 13.9. The lowest BCUT2D eigenvalue weighted by Gasteiger charge is -2.54. The maximum atomic E-state index is 12.6. The van der Waals surface area contributed by atoms with E-state index in [0.29, 0.717) is 29.3 Å². The molecule has 0 heterocycles.